The predicted molar refractivity (Wildman–Crippen MR) is 83.2 cm³/mol. The van der Waals surface area contributed by atoms with Crippen LogP contribution in [-0.2, 0) is 6.42 Å². The third-order valence-corrected chi connectivity index (χ3v) is 4.39. The molecular formula is C16H27N3O. The molecule has 1 aliphatic heterocycles. The lowest BCUT2D eigenvalue weighted by atomic mass is 9.77. The number of hydrogen-bond donors (Lipinski definition) is 1. The Morgan fingerprint density at radius 2 is 2.10 bits per heavy atom. The third kappa shape index (κ3) is 3.62. The Morgan fingerprint density at radius 3 is 2.75 bits per heavy atom. The van der Waals surface area contributed by atoms with Crippen molar-refractivity contribution in [2.24, 2.45) is 11.3 Å². The van der Waals surface area contributed by atoms with E-state index in [1.807, 2.05) is 6.92 Å². The zero-order chi connectivity index (χ0) is 14.8. The van der Waals surface area contributed by atoms with Crippen molar-refractivity contribution in [1.29, 1.82) is 0 Å². The highest BCUT2D eigenvalue weighted by atomic mass is 16.1. The summed E-state index contributed by atoms with van der Waals surface area (Å²) in [6, 6.07) is 1.64. The first-order valence-corrected chi connectivity index (χ1v) is 7.75. The number of nitrogens with one attached hydrogen (secondary N) is 1. The Hall–Kier alpha value is -1.32. The molecule has 1 aromatic heterocycles. The predicted octanol–water partition coefficient (Wildman–Crippen LogP) is 2.98. The van der Waals surface area contributed by atoms with E-state index in [1.54, 1.807) is 6.07 Å². The molecule has 0 aromatic carbocycles. The Morgan fingerprint density at radius 1 is 1.35 bits per heavy atom. The molecule has 0 spiro atoms. The van der Waals surface area contributed by atoms with E-state index in [9.17, 15) is 4.79 Å². The van der Waals surface area contributed by atoms with E-state index in [4.69, 9.17) is 0 Å². The van der Waals surface area contributed by atoms with Gasteiger partial charge in [0.15, 0.2) is 0 Å². The van der Waals surface area contributed by atoms with Gasteiger partial charge in [0, 0.05) is 25.6 Å². The van der Waals surface area contributed by atoms with Crippen LogP contribution >= 0.6 is 0 Å². The molecule has 1 unspecified atom stereocenters. The van der Waals surface area contributed by atoms with Gasteiger partial charge in [-0.3, -0.25) is 4.79 Å². The molecule has 1 atom stereocenters. The molecule has 1 fully saturated rings. The van der Waals surface area contributed by atoms with E-state index in [0.29, 0.717) is 5.41 Å². The van der Waals surface area contributed by atoms with Crippen molar-refractivity contribution in [2.75, 3.05) is 18.0 Å². The van der Waals surface area contributed by atoms with Crippen molar-refractivity contribution < 1.29 is 0 Å². The summed E-state index contributed by atoms with van der Waals surface area (Å²) in [5, 5.41) is 0. The first-order valence-electron chi connectivity index (χ1n) is 7.75. The van der Waals surface area contributed by atoms with Crippen LogP contribution in [0.1, 0.15) is 52.8 Å². The summed E-state index contributed by atoms with van der Waals surface area (Å²) < 4.78 is 0. The van der Waals surface area contributed by atoms with Gasteiger partial charge in [-0.25, -0.2) is 4.98 Å². The van der Waals surface area contributed by atoms with Crippen molar-refractivity contribution in [3.8, 4) is 0 Å². The Kier molecular flexibility index (Phi) is 4.51. The molecular weight excluding hydrogens is 250 g/mol. The summed E-state index contributed by atoms with van der Waals surface area (Å²) in [5.41, 5.74) is 0.329. The Bertz CT molecular complexity index is 501. The first-order chi connectivity index (χ1) is 9.40. The second kappa shape index (κ2) is 5.98. The smallest absolute Gasteiger partial charge is 0.252 e. The minimum atomic E-state index is -0.0385. The SMILES string of the molecule is CCc1nc(N2CCCC(C(C)(C)C)CC2)cc(=O)[nH]1. The van der Waals surface area contributed by atoms with E-state index in [2.05, 4.69) is 35.6 Å². The van der Waals surface area contributed by atoms with Gasteiger partial charge in [-0.2, -0.15) is 0 Å². The maximum absolute atomic E-state index is 11.7. The van der Waals surface area contributed by atoms with Crippen LogP contribution < -0.4 is 10.5 Å². The number of rotatable bonds is 2. The van der Waals surface area contributed by atoms with E-state index < -0.39 is 0 Å². The minimum absolute atomic E-state index is 0.0385. The molecule has 4 heteroatoms. The zero-order valence-electron chi connectivity index (χ0n) is 13.2. The lowest BCUT2D eigenvalue weighted by Gasteiger charge is -2.29. The molecule has 0 bridgehead atoms. The average Bonchev–Trinajstić information content (AvgIpc) is 2.63. The molecule has 20 heavy (non-hydrogen) atoms. The average molecular weight is 277 g/mol. The third-order valence-electron chi connectivity index (χ3n) is 4.39. The van der Waals surface area contributed by atoms with Crippen molar-refractivity contribution in [3.63, 3.8) is 0 Å². The van der Waals surface area contributed by atoms with Crippen LogP contribution in [0.5, 0.6) is 0 Å². The summed E-state index contributed by atoms with van der Waals surface area (Å²) in [7, 11) is 0. The van der Waals surface area contributed by atoms with Gasteiger partial charge in [0.2, 0.25) is 0 Å². The summed E-state index contributed by atoms with van der Waals surface area (Å²) in [4.78, 5) is 21.3. The standard InChI is InChI=1S/C16H27N3O/c1-5-13-17-14(11-15(20)18-13)19-9-6-7-12(8-10-19)16(2,3)4/h11-12H,5-10H2,1-4H3,(H,17,18,20). The van der Waals surface area contributed by atoms with E-state index in [0.717, 1.165) is 37.1 Å². The van der Waals surface area contributed by atoms with Crippen LogP contribution in [0.4, 0.5) is 5.82 Å². The van der Waals surface area contributed by atoms with Crippen molar-refractivity contribution in [2.45, 2.75) is 53.4 Å². The monoisotopic (exact) mass is 277 g/mol. The van der Waals surface area contributed by atoms with Gasteiger partial charge in [0.25, 0.3) is 5.56 Å². The topological polar surface area (TPSA) is 49.0 Å². The number of aryl methyl sites for hydroxylation is 1. The van der Waals surface area contributed by atoms with Gasteiger partial charge >= 0.3 is 0 Å². The number of hydrogen-bond acceptors (Lipinski definition) is 3. The minimum Gasteiger partial charge on any atom is -0.356 e. The second-order valence-corrected chi connectivity index (χ2v) is 6.88. The molecule has 4 nitrogen and oxygen atoms in total. The molecule has 112 valence electrons. The first kappa shape index (κ1) is 15.1. The maximum Gasteiger partial charge on any atom is 0.252 e. The molecule has 0 radical (unpaired) electrons. The Labute approximate surface area is 121 Å². The molecule has 2 rings (SSSR count). The van der Waals surface area contributed by atoms with Crippen LogP contribution in [0.2, 0.25) is 0 Å². The van der Waals surface area contributed by atoms with E-state index in [1.165, 1.54) is 19.3 Å². The molecule has 1 aliphatic rings. The summed E-state index contributed by atoms with van der Waals surface area (Å²) in [5.74, 6) is 2.38. The summed E-state index contributed by atoms with van der Waals surface area (Å²) in [6.07, 6.45) is 4.39. The molecule has 1 N–H and O–H groups in total. The fourth-order valence-electron chi connectivity index (χ4n) is 3.01. The lowest BCUT2D eigenvalue weighted by molar-refractivity contribution is 0.220. The van der Waals surface area contributed by atoms with E-state index >= 15 is 0 Å². The molecule has 0 saturated carbocycles. The van der Waals surface area contributed by atoms with Crippen molar-refractivity contribution in [1.82, 2.24) is 9.97 Å². The maximum atomic E-state index is 11.7. The number of nitrogens with zero attached hydrogens (tertiary/aromatic N) is 2. The summed E-state index contributed by atoms with van der Waals surface area (Å²) in [6.45, 7) is 11.0. The highest BCUT2D eigenvalue weighted by Gasteiger charge is 2.27. The highest BCUT2D eigenvalue weighted by molar-refractivity contribution is 5.37. The van der Waals surface area contributed by atoms with Crippen molar-refractivity contribution in [3.05, 3.63) is 22.2 Å². The quantitative estimate of drug-likeness (QED) is 0.904. The number of H-pyrrole nitrogens is 1. The molecule has 2 heterocycles. The van der Waals surface area contributed by atoms with Gasteiger partial charge in [0.1, 0.15) is 11.6 Å². The summed E-state index contributed by atoms with van der Waals surface area (Å²) >= 11 is 0. The number of aromatic amines is 1. The highest BCUT2D eigenvalue weighted by Crippen LogP contribution is 2.34. The molecule has 1 saturated heterocycles. The fraction of sp³-hybridized carbons (Fsp3) is 0.750. The number of aromatic nitrogens is 2. The Balaban J connectivity index is 2.14. The van der Waals surface area contributed by atoms with Gasteiger partial charge in [-0.15, -0.1) is 0 Å². The van der Waals surface area contributed by atoms with Crippen molar-refractivity contribution >= 4 is 5.82 Å². The van der Waals surface area contributed by atoms with Crippen LogP contribution in [-0.4, -0.2) is 23.1 Å². The normalized spacial score (nSPS) is 20.8. The van der Waals surface area contributed by atoms with Gasteiger partial charge in [0.05, 0.1) is 0 Å². The zero-order valence-corrected chi connectivity index (χ0v) is 13.2. The van der Waals surface area contributed by atoms with Crippen LogP contribution in [0, 0.1) is 11.3 Å². The molecule has 1 aromatic rings. The number of anilines is 1. The van der Waals surface area contributed by atoms with Gasteiger partial charge in [-0.05, 0) is 30.6 Å². The molecule has 0 aliphatic carbocycles. The van der Waals surface area contributed by atoms with Crippen LogP contribution in [0.25, 0.3) is 0 Å². The van der Waals surface area contributed by atoms with E-state index in [-0.39, 0.29) is 5.56 Å². The second-order valence-electron chi connectivity index (χ2n) is 6.88. The largest absolute Gasteiger partial charge is 0.356 e. The fourth-order valence-corrected chi connectivity index (χ4v) is 3.01. The van der Waals surface area contributed by atoms with Crippen LogP contribution in [0.15, 0.2) is 10.9 Å². The lowest BCUT2D eigenvalue weighted by Crippen LogP contribution is -2.28. The van der Waals surface area contributed by atoms with Gasteiger partial charge in [-0.1, -0.05) is 27.7 Å². The van der Waals surface area contributed by atoms with Gasteiger partial charge < -0.3 is 9.88 Å². The molecule has 0 amide bonds. The van der Waals surface area contributed by atoms with Crippen LogP contribution in [0.3, 0.4) is 0 Å².